The van der Waals surface area contributed by atoms with Gasteiger partial charge in [-0.05, 0) is 17.5 Å². The van der Waals surface area contributed by atoms with Gasteiger partial charge in [0.1, 0.15) is 0 Å². The van der Waals surface area contributed by atoms with E-state index in [9.17, 15) is 9.18 Å². The first-order valence-corrected chi connectivity index (χ1v) is 4.94. The molecule has 0 aromatic carbocycles. The summed E-state index contributed by atoms with van der Waals surface area (Å²) in [5.41, 5.74) is 0. The Morgan fingerprint density at radius 1 is 1.85 bits per heavy atom. The third kappa shape index (κ3) is 2.35. The standard InChI is InChI=1S/C7H8FNO2S2/c8-7(4-12,6(10)11)9-5-2-1-3-13-5/h1-3,9,12H,4H2,(H,10,11). The van der Waals surface area contributed by atoms with Crippen LogP contribution in [0.4, 0.5) is 9.39 Å². The van der Waals surface area contributed by atoms with Gasteiger partial charge in [0.05, 0.1) is 10.8 Å². The third-order valence-corrected chi connectivity index (χ3v) is 2.62. The van der Waals surface area contributed by atoms with E-state index >= 15 is 0 Å². The number of thiol groups is 1. The van der Waals surface area contributed by atoms with E-state index in [1.165, 1.54) is 11.3 Å². The number of carbonyl (C=O) groups is 1. The van der Waals surface area contributed by atoms with Crippen LogP contribution in [0.25, 0.3) is 0 Å². The highest BCUT2D eigenvalue weighted by Gasteiger charge is 2.37. The lowest BCUT2D eigenvalue weighted by Gasteiger charge is -2.19. The van der Waals surface area contributed by atoms with E-state index in [0.717, 1.165) is 0 Å². The number of hydrogen-bond acceptors (Lipinski definition) is 4. The molecule has 0 saturated carbocycles. The minimum absolute atomic E-state index is 0.416. The van der Waals surface area contributed by atoms with Crippen molar-refractivity contribution in [3.8, 4) is 0 Å². The Morgan fingerprint density at radius 3 is 2.92 bits per heavy atom. The molecule has 1 atom stereocenters. The van der Waals surface area contributed by atoms with Crippen molar-refractivity contribution in [1.29, 1.82) is 0 Å². The SMILES string of the molecule is O=C(O)C(F)(CS)Nc1cccs1. The fourth-order valence-electron chi connectivity index (χ4n) is 0.706. The molecule has 1 rings (SSSR count). The van der Waals surface area contributed by atoms with Crippen molar-refractivity contribution in [1.82, 2.24) is 0 Å². The van der Waals surface area contributed by atoms with Crippen LogP contribution in [0.3, 0.4) is 0 Å². The van der Waals surface area contributed by atoms with E-state index in [1.807, 2.05) is 0 Å². The highest BCUT2D eigenvalue weighted by atomic mass is 32.1. The number of aliphatic carboxylic acids is 1. The van der Waals surface area contributed by atoms with Gasteiger partial charge in [0.25, 0.3) is 5.79 Å². The molecule has 3 nitrogen and oxygen atoms in total. The molecule has 13 heavy (non-hydrogen) atoms. The molecule has 0 aliphatic carbocycles. The Balaban J connectivity index is 2.75. The molecule has 0 saturated heterocycles. The van der Waals surface area contributed by atoms with Crippen LogP contribution < -0.4 is 5.32 Å². The minimum atomic E-state index is -2.49. The summed E-state index contributed by atoms with van der Waals surface area (Å²) in [4.78, 5) is 10.5. The van der Waals surface area contributed by atoms with E-state index in [0.29, 0.717) is 5.00 Å². The summed E-state index contributed by atoms with van der Waals surface area (Å²) in [6.45, 7) is 0. The number of anilines is 1. The van der Waals surface area contributed by atoms with Crippen LogP contribution in [0.2, 0.25) is 0 Å². The Morgan fingerprint density at radius 2 is 2.54 bits per heavy atom. The van der Waals surface area contributed by atoms with Crippen LogP contribution in [0.5, 0.6) is 0 Å². The molecule has 72 valence electrons. The van der Waals surface area contributed by atoms with Crippen LogP contribution in [-0.2, 0) is 4.79 Å². The molecule has 1 aromatic heterocycles. The summed E-state index contributed by atoms with van der Waals surface area (Å²) in [5, 5.41) is 13.0. The van der Waals surface area contributed by atoms with Gasteiger partial charge in [0.15, 0.2) is 0 Å². The first kappa shape index (κ1) is 10.3. The Kier molecular flexibility index (Phi) is 3.16. The number of carboxylic acid groups (broad SMARTS) is 1. The molecule has 2 N–H and O–H groups in total. The zero-order chi connectivity index (χ0) is 9.90. The van der Waals surface area contributed by atoms with Gasteiger partial charge in [-0.25, -0.2) is 9.18 Å². The number of alkyl halides is 1. The molecule has 0 aliphatic rings. The molecule has 0 amide bonds. The average Bonchev–Trinajstić information content (AvgIpc) is 2.56. The second kappa shape index (κ2) is 3.97. The van der Waals surface area contributed by atoms with E-state index in [4.69, 9.17) is 5.11 Å². The molecule has 1 aromatic rings. The predicted octanol–water partition coefficient (Wildman–Crippen LogP) is 1.84. The molecular formula is C7H8FNO2S2. The second-order valence-corrected chi connectivity index (χ2v) is 3.63. The van der Waals surface area contributed by atoms with Crippen LogP contribution in [0, 0.1) is 0 Å². The fourth-order valence-corrected chi connectivity index (χ4v) is 1.60. The highest BCUT2D eigenvalue weighted by Crippen LogP contribution is 2.22. The molecule has 6 heteroatoms. The lowest BCUT2D eigenvalue weighted by atomic mass is 10.3. The van der Waals surface area contributed by atoms with Crippen molar-refractivity contribution in [2.45, 2.75) is 5.79 Å². The lowest BCUT2D eigenvalue weighted by molar-refractivity contribution is -0.147. The van der Waals surface area contributed by atoms with Gasteiger partial charge in [-0.2, -0.15) is 12.6 Å². The lowest BCUT2D eigenvalue weighted by Crippen LogP contribution is -2.43. The van der Waals surface area contributed by atoms with Crippen LogP contribution in [0.1, 0.15) is 0 Å². The second-order valence-electron chi connectivity index (χ2n) is 2.37. The highest BCUT2D eigenvalue weighted by molar-refractivity contribution is 7.80. The van der Waals surface area contributed by atoms with Gasteiger partial charge in [0, 0.05) is 0 Å². The van der Waals surface area contributed by atoms with Gasteiger partial charge in [-0.3, -0.25) is 0 Å². The largest absolute Gasteiger partial charge is 0.477 e. The zero-order valence-electron chi connectivity index (χ0n) is 6.53. The molecule has 0 aliphatic heterocycles. The molecular weight excluding hydrogens is 213 g/mol. The van der Waals surface area contributed by atoms with Crippen molar-refractivity contribution in [3.63, 3.8) is 0 Å². The summed E-state index contributed by atoms with van der Waals surface area (Å²) < 4.78 is 13.4. The average molecular weight is 221 g/mol. The number of hydrogen-bond donors (Lipinski definition) is 3. The third-order valence-electron chi connectivity index (χ3n) is 1.40. The van der Waals surface area contributed by atoms with Crippen molar-refractivity contribution >= 4 is 34.9 Å². The first-order valence-electron chi connectivity index (χ1n) is 3.43. The van der Waals surface area contributed by atoms with Gasteiger partial charge < -0.3 is 10.4 Å². The number of rotatable bonds is 4. The minimum Gasteiger partial charge on any atom is -0.477 e. The van der Waals surface area contributed by atoms with Crippen molar-refractivity contribution in [2.24, 2.45) is 0 Å². The van der Waals surface area contributed by atoms with E-state index in [1.54, 1.807) is 17.5 Å². The summed E-state index contributed by atoms with van der Waals surface area (Å²) in [7, 11) is 0. The Bertz CT molecular complexity index is 291. The van der Waals surface area contributed by atoms with Gasteiger partial charge in [-0.1, -0.05) is 0 Å². The van der Waals surface area contributed by atoms with E-state index in [2.05, 4.69) is 17.9 Å². The quantitative estimate of drug-likeness (QED) is 0.537. The monoisotopic (exact) mass is 221 g/mol. The maximum atomic E-state index is 13.4. The number of thiophene rings is 1. The van der Waals surface area contributed by atoms with E-state index in [-0.39, 0.29) is 0 Å². The topological polar surface area (TPSA) is 49.3 Å². The normalized spacial score (nSPS) is 14.9. The number of nitrogens with one attached hydrogen (secondary N) is 1. The van der Waals surface area contributed by atoms with Crippen molar-refractivity contribution in [3.05, 3.63) is 17.5 Å². The molecule has 1 unspecified atom stereocenters. The zero-order valence-corrected chi connectivity index (χ0v) is 8.24. The van der Waals surface area contributed by atoms with Crippen LogP contribution in [0.15, 0.2) is 17.5 Å². The van der Waals surface area contributed by atoms with E-state index < -0.39 is 17.5 Å². The Labute approximate surface area is 84.0 Å². The maximum Gasteiger partial charge on any atom is 0.363 e. The van der Waals surface area contributed by atoms with Crippen molar-refractivity contribution < 1.29 is 14.3 Å². The predicted molar refractivity (Wildman–Crippen MR) is 53.3 cm³/mol. The molecule has 1 heterocycles. The van der Waals surface area contributed by atoms with Crippen LogP contribution >= 0.6 is 24.0 Å². The molecule has 0 radical (unpaired) electrons. The molecule has 0 bridgehead atoms. The Hall–Kier alpha value is -0.750. The van der Waals surface area contributed by atoms with Gasteiger partial charge in [-0.15, -0.1) is 11.3 Å². The fraction of sp³-hybridized carbons (Fsp3) is 0.286. The summed E-state index contributed by atoms with van der Waals surface area (Å²) in [6.07, 6.45) is 0. The number of halogens is 1. The summed E-state index contributed by atoms with van der Waals surface area (Å²) in [5.74, 6) is -4.47. The number of carboxylic acids is 1. The van der Waals surface area contributed by atoms with Crippen LogP contribution in [-0.4, -0.2) is 22.6 Å². The molecule has 0 fully saturated rings. The maximum absolute atomic E-state index is 13.4. The molecule has 0 spiro atoms. The summed E-state index contributed by atoms with van der Waals surface area (Å²) >= 11 is 4.87. The first-order chi connectivity index (χ1) is 6.08. The van der Waals surface area contributed by atoms with Gasteiger partial charge in [0.2, 0.25) is 0 Å². The van der Waals surface area contributed by atoms with Crippen molar-refractivity contribution in [2.75, 3.05) is 11.1 Å². The smallest absolute Gasteiger partial charge is 0.363 e. The van der Waals surface area contributed by atoms with Gasteiger partial charge >= 0.3 is 5.97 Å². The summed E-state index contributed by atoms with van der Waals surface area (Å²) in [6, 6.07) is 3.30.